The third kappa shape index (κ3) is 4.49. The number of amides is 1. The van der Waals surface area contributed by atoms with Gasteiger partial charge in [0.2, 0.25) is 5.91 Å². The third-order valence-electron chi connectivity index (χ3n) is 3.84. The minimum absolute atomic E-state index is 0.0556. The van der Waals surface area contributed by atoms with Gasteiger partial charge >= 0.3 is 5.97 Å². The van der Waals surface area contributed by atoms with Crippen molar-refractivity contribution >= 4 is 23.3 Å². The number of carbonyl (C=O) groups excluding carboxylic acids is 2. The van der Waals surface area contributed by atoms with Gasteiger partial charge in [0.15, 0.2) is 0 Å². The molecule has 1 aliphatic heterocycles. The van der Waals surface area contributed by atoms with E-state index in [1.807, 2.05) is 0 Å². The summed E-state index contributed by atoms with van der Waals surface area (Å²) in [6, 6.07) is 4.97. The van der Waals surface area contributed by atoms with Gasteiger partial charge in [0.1, 0.15) is 6.04 Å². The van der Waals surface area contributed by atoms with Crippen LogP contribution in [0.3, 0.4) is 0 Å². The summed E-state index contributed by atoms with van der Waals surface area (Å²) in [6.45, 7) is 0.611. The Kier molecular flexibility index (Phi) is 5.83. The highest BCUT2D eigenvalue weighted by Crippen LogP contribution is 2.20. The second-order valence-corrected chi connectivity index (χ2v) is 5.53. The number of nitrogens with zero attached hydrogens (tertiary/aromatic N) is 2. The van der Waals surface area contributed by atoms with Crippen molar-refractivity contribution in [3.8, 4) is 0 Å². The molecule has 1 amide bonds. The van der Waals surface area contributed by atoms with E-state index in [0.29, 0.717) is 18.8 Å². The molecule has 130 valence electrons. The summed E-state index contributed by atoms with van der Waals surface area (Å²) >= 11 is 0. The average Bonchev–Trinajstić information content (AvgIpc) is 2.93. The van der Waals surface area contributed by atoms with Crippen LogP contribution in [0.2, 0.25) is 0 Å². The van der Waals surface area contributed by atoms with Crippen molar-refractivity contribution in [1.29, 1.82) is 0 Å². The lowest BCUT2D eigenvalue weighted by Crippen LogP contribution is -2.38. The molecule has 0 radical (unpaired) electrons. The van der Waals surface area contributed by atoms with Gasteiger partial charge in [-0.25, -0.2) is 0 Å². The molecule has 0 bridgehead atoms. The van der Waals surface area contributed by atoms with E-state index in [4.69, 9.17) is 4.74 Å². The smallest absolute Gasteiger partial charge is 0.323 e. The zero-order chi connectivity index (χ0) is 17.7. The average molecular weight is 337 g/mol. The predicted octanol–water partition coefficient (Wildman–Crippen LogP) is 0.532. The summed E-state index contributed by atoms with van der Waals surface area (Å²) in [5.74, 6) is -0.712. The summed E-state index contributed by atoms with van der Waals surface area (Å²) < 4.78 is 4.70. The fraction of sp³-hybridized carbons (Fsp3) is 0.467. The Hall–Kier alpha value is -2.52. The molecule has 2 atom stereocenters. The molecule has 0 aliphatic carbocycles. The van der Waals surface area contributed by atoms with E-state index in [0.717, 1.165) is 0 Å². The lowest BCUT2D eigenvalue weighted by molar-refractivity contribution is -0.384. The number of benzene rings is 1. The number of carbonyl (C=O) groups is 2. The molecule has 9 heteroatoms. The van der Waals surface area contributed by atoms with E-state index in [9.17, 15) is 24.8 Å². The molecule has 0 unspecified atom stereocenters. The fourth-order valence-corrected chi connectivity index (χ4v) is 2.64. The second kappa shape index (κ2) is 7.84. The van der Waals surface area contributed by atoms with Crippen molar-refractivity contribution in [2.24, 2.45) is 0 Å². The number of hydrogen-bond acceptors (Lipinski definition) is 7. The zero-order valence-electron chi connectivity index (χ0n) is 13.2. The van der Waals surface area contributed by atoms with Crippen LogP contribution in [0, 0.1) is 10.1 Å². The number of non-ortho nitro benzene ring substituents is 1. The van der Waals surface area contributed by atoms with Crippen LogP contribution in [0.4, 0.5) is 11.4 Å². The lowest BCUT2D eigenvalue weighted by Gasteiger charge is -2.21. The van der Waals surface area contributed by atoms with E-state index in [1.54, 1.807) is 4.90 Å². The first-order chi connectivity index (χ1) is 11.4. The highest BCUT2D eigenvalue weighted by Gasteiger charge is 2.36. The van der Waals surface area contributed by atoms with Gasteiger partial charge in [-0.2, -0.15) is 0 Å². The summed E-state index contributed by atoms with van der Waals surface area (Å²) in [5, 5.41) is 22.9. The predicted molar refractivity (Wildman–Crippen MR) is 84.3 cm³/mol. The Morgan fingerprint density at radius 3 is 2.67 bits per heavy atom. The number of anilines is 1. The number of aliphatic hydroxyl groups is 1. The number of rotatable bonds is 6. The lowest BCUT2D eigenvalue weighted by atomic mass is 10.2. The van der Waals surface area contributed by atoms with Crippen LogP contribution >= 0.6 is 0 Å². The van der Waals surface area contributed by atoms with E-state index >= 15 is 0 Å². The van der Waals surface area contributed by atoms with Crippen molar-refractivity contribution in [2.45, 2.75) is 25.0 Å². The standard InChI is InChI=1S/C15H19N3O6/c1-24-15(21)13-8-12(19)9-17(13)7-6-14(20)16-10-2-4-11(5-3-10)18(22)23/h2-5,12-13,19H,6-9H2,1H3,(H,16,20)/t12-,13+/m1/s1. The molecule has 2 rings (SSSR count). The van der Waals surface area contributed by atoms with Gasteiger partial charge in [-0.05, 0) is 12.1 Å². The van der Waals surface area contributed by atoms with Gasteiger partial charge in [-0.3, -0.25) is 24.6 Å². The van der Waals surface area contributed by atoms with Gasteiger partial charge in [0, 0.05) is 43.8 Å². The molecule has 1 saturated heterocycles. The first-order valence-electron chi connectivity index (χ1n) is 7.45. The molecule has 1 fully saturated rings. The number of hydrogen-bond donors (Lipinski definition) is 2. The van der Waals surface area contributed by atoms with Crippen LogP contribution in [-0.4, -0.2) is 59.2 Å². The van der Waals surface area contributed by atoms with Crippen LogP contribution in [0.25, 0.3) is 0 Å². The molecule has 1 aliphatic rings. The Balaban J connectivity index is 1.86. The minimum Gasteiger partial charge on any atom is -0.468 e. The quantitative estimate of drug-likeness (QED) is 0.441. The molecule has 9 nitrogen and oxygen atoms in total. The Morgan fingerprint density at radius 1 is 1.42 bits per heavy atom. The number of nitrogens with one attached hydrogen (secondary N) is 1. The summed E-state index contributed by atoms with van der Waals surface area (Å²) in [4.78, 5) is 35.4. The Morgan fingerprint density at radius 2 is 2.08 bits per heavy atom. The number of ether oxygens (including phenoxy) is 1. The number of nitro groups is 1. The van der Waals surface area contributed by atoms with Crippen LogP contribution in [-0.2, 0) is 14.3 Å². The highest BCUT2D eigenvalue weighted by atomic mass is 16.6. The first kappa shape index (κ1) is 17.8. The van der Waals surface area contributed by atoms with Crippen LogP contribution in [0.5, 0.6) is 0 Å². The Bertz CT molecular complexity index is 618. The van der Waals surface area contributed by atoms with Crippen molar-refractivity contribution in [3.05, 3.63) is 34.4 Å². The zero-order valence-corrected chi connectivity index (χ0v) is 13.2. The molecule has 24 heavy (non-hydrogen) atoms. The maximum absolute atomic E-state index is 12.0. The normalized spacial score (nSPS) is 20.6. The number of nitro benzene ring substituents is 1. The number of methoxy groups -OCH3 is 1. The van der Waals surface area contributed by atoms with E-state index in [1.165, 1.54) is 31.4 Å². The summed E-state index contributed by atoms with van der Waals surface area (Å²) in [6.07, 6.45) is -0.208. The minimum atomic E-state index is -0.619. The van der Waals surface area contributed by atoms with E-state index < -0.39 is 23.0 Å². The van der Waals surface area contributed by atoms with E-state index in [-0.39, 0.29) is 24.4 Å². The van der Waals surface area contributed by atoms with Crippen molar-refractivity contribution in [2.75, 3.05) is 25.5 Å². The van der Waals surface area contributed by atoms with E-state index in [2.05, 4.69) is 5.32 Å². The maximum atomic E-state index is 12.0. The maximum Gasteiger partial charge on any atom is 0.323 e. The SMILES string of the molecule is COC(=O)[C@@H]1C[C@@H](O)CN1CCC(=O)Nc1ccc([N+](=O)[O-])cc1. The van der Waals surface area contributed by atoms with Gasteiger partial charge in [0.25, 0.3) is 5.69 Å². The summed E-state index contributed by atoms with van der Waals surface area (Å²) in [7, 11) is 1.28. The molecule has 1 aromatic carbocycles. The van der Waals surface area contributed by atoms with Gasteiger partial charge in [-0.1, -0.05) is 0 Å². The second-order valence-electron chi connectivity index (χ2n) is 5.53. The number of esters is 1. The molecular formula is C15H19N3O6. The first-order valence-corrected chi connectivity index (χ1v) is 7.45. The largest absolute Gasteiger partial charge is 0.468 e. The summed E-state index contributed by atoms with van der Waals surface area (Å²) in [5.41, 5.74) is 0.400. The molecular weight excluding hydrogens is 318 g/mol. The topological polar surface area (TPSA) is 122 Å². The Labute approximate surface area is 138 Å². The monoisotopic (exact) mass is 337 g/mol. The van der Waals surface area contributed by atoms with Crippen molar-refractivity contribution < 1.29 is 24.4 Å². The van der Waals surface area contributed by atoms with Gasteiger partial charge in [0.05, 0.1) is 18.1 Å². The van der Waals surface area contributed by atoms with Crippen molar-refractivity contribution in [1.82, 2.24) is 4.90 Å². The molecule has 0 saturated carbocycles. The van der Waals surface area contributed by atoms with Gasteiger partial charge in [-0.15, -0.1) is 0 Å². The highest BCUT2D eigenvalue weighted by molar-refractivity contribution is 5.91. The van der Waals surface area contributed by atoms with Crippen molar-refractivity contribution in [3.63, 3.8) is 0 Å². The molecule has 0 spiro atoms. The molecule has 2 N–H and O–H groups in total. The van der Waals surface area contributed by atoms with Crippen LogP contribution < -0.4 is 5.32 Å². The van der Waals surface area contributed by atoms with Gasteiger partial charge < -0.3 is 15.2 Å². The molecule has 1 aromatic rings. The number of likely N-dealkylation sites (tertiary alicyclic amines) is 1. The van der Waals surface area contributed by atoms with Crippen LogP contribution in [0.1, 0.15) is 12.8 Å². The molecule has 0 aromatic heterocycles. The third-order valence-corrected chi connectivity index (χ3v) is 3.84. The number of aliphatic hydroxyl groups excluding tert-OH is 1. The molecule has 1 heterocycles. The van der Waals surface area contributed by atoms with Crippen LogP contribution in [0.15, 0.2) is 24.3 Å². The fourth-order valence-electron chi connectivity index (χ4n) is 2.64. The number of β-amino-alcohol motifs (C(OH)–C–C–N with tert-alkyl or cyclic N) is 1.